The van der Waals surface area contributed by atoms with Crippen LogP contribution in [0.5, 0.6) is 0 Å². The van der Waals surface area contributed by atoms with Gasteiger partial charge in [-0.3, -0.25) is 0 Å². The van der Waals surface area contributed by atoms with Crippen LogP contribution in [0.15, 0.2) is 0 Å². The lowest BCUT2D eigenvalue weighted by atomic mass is 10.6. The molecule has 1 heterocycles. The Labute approximate surface area is 77.6 Å². The Morgan fingerprint density at radius 1 is 1.36 bits per heavy atom. The van der Waals surface area contributed by atoms with E-state index in [9.17, 15) is 0 Å². The van der Waals surface area contributed by atoms with Crippen molar-refractivity contribution >= 4 is 23.5 Å². The molecular weight excluding hydrogens is 176 g/mol. The summed E-state index contributed by atoms with van der Waals surface area (Å²) < 4.78 is 5.11. The van der Waals surface area contributed by atoms with Gasteiger partial charge < -0.3 is 4.74 Å². The third kappa shape index (κ3) is 5.88. The molecule has 0 radical (unpaired) electrons. The Kier molecular flexibility index (Phi) is 5.50. The minimum Gasteiger partial charge on any atom is -0.372 e. The predicted molar refractivity (Wildman–Crippen MR) is 54.7 cm³/mol. The summed E-state index contributed by atoms with van der Waals surface area (Å²) in [6, 6.07) is 0. The molecule has 0 amide bonds. The normalized spacial score (nSPS) is 22.1. The van der Waals surface area contributed by atoms with Crippen molar-refractivity contribution in [3.05, 3.63) is 0 Å². The van der Waals surface area contributed by atoms with E-state index in [1.54, 1.807) is 0 Å². The van der Waals surface area contributed by atoms with E-state index in [1.165, 1.54) is 29.4 Å². The van der Waals surface area contributed by atoms with Crippen LogP contribution in [0.1, 0.15) is 13.3 Å². The molecule has 0 aromatic rings. The van der Waals surface area contributed by atoms with Crippen LogP contribution in [0.2, 0.25) is 0 Å². The summed E-state index contributed by atoms with van der Waals surface area (Å²) in [6.45, 7) is 3.23. The summed E-state index contributed by atoms with van der Waals surface area (Å²) in [5.41, 5.74) is 0. The first-order valence-electron chi connectivity index (χ1n) is 4.20. The smallest absolute Gasteiger partial charge is 0.0900 e. The van der Waals surface area contributed by atoms with Crippen LogP contribution in [0.4, 0.5) is 0 Å². The summed E-state index contributed by atoms with van der Waals surface area (Å²) in [4.78, 5) is 0. The van der Waals surface area contributed by atoms with Gasteiger partial charge in [0.15, 0.2) is 0 Å². The molecule has 1 aliphatic heterocycles. The Morgan fingerprint density at radius 2 is 2.09 bits per heavy atom. The van der Waals surface area contributed by atoms with Gasteiger partial charge in [-0.2, -0.15) is 23.5 Å². The zero-order valence-electron chi connectivity index (χ0n) is 7.04. The minimum absolute atomic E-state index is 0.610. The maximum atomic E-state index is 5.11. The number of ether oxygens (including phenoxy) is 1. The summed E-state index contributed by atoms with van der Waals surface area (Å²) in [5.74, 6) is 5.12. The van der Waals surface area contributed by atoms with Crippen molar-refractivity contribution < 1.29 is 4.74 Å². The van der Waals surface area contributed by atoms with Gasteiger partial charge in [0, 0.05) is 5.75 Å². The predicted octanol–water partition coefficient (Wildman–Crippen LogP) is 2.26. The Bertz CT molecular complexity index is 94.1. The number of epoxide rings is 1. The summed E-state index contributed by atoms with van der Waals surface area (Å²) >= 11 is 4.07. The maximum Gasteiger partial charge on any atom is 0.0900 e. The van der Waals surface area contributed by atoms with Crippen LogP contribution in [0.3, 0.4) is 0 Å². The Balaban J connectivity index is 1.66. The second-order valence-corrected chi connectivity index (χ2v) is 5.12. The molecule has 11 heavy (non-hydrogen) atoms. The average Bonchev–Trinajstić information content (AvgIpc) is 2.80. The molecule has 1 nitrogen and oxygen atoms in total. The van der Waals surface area contributed by atoms with Crippen molar-refractivity contribution in [2.24, 2.45) is 0 Å². The second kappa shape index (κ2) is 6.21. The average molecular weight is 192 g/mol. The summed E-state index contributed by atoms with van der Waals surface area (Å²) in [7, 11) is 0. The summed E-state index contributed by atoms with van der Waals surface area (Å²) in [5, 5.41) is 0. The highest BCUT2D eigenvalue weighted by Gasteiger charge is 2.21. The van der Waals surface area contributed by atoms with Crippen molar-refractivity contribution in [2.45, 2.75) is 19.4 Å². The van der Waals surface area contributed by atoms with Crippen LogP contribution in [0.25, 0.3) is 0 Å². The molecule has 0 bridgehead atoms. The third-order valence-corrected chi connectivity index (χ3v) is 3.66. The largest absolute Gasteiger partial charge is 0.372 e. The Hall–Kier alpha value is 0.660. The molecule has 0 N–H and O–H groups in total. The quantitative estimate of drug-likeness (QED) is 0.453. The van der Waals surface area contributed by atoms with E-state index < -0.39 is 0 Å². The number of hydrogen-bond donors (Lipinski definition) is 0. The fourth-order valence-corrected chi connectivity index (χ4v) is 2.58. The minimum atomic E-state index is 0.610. The van der Waals surface area contributed by atoms with E-state index in [2.05, 4.69) is 6.92 Å². The molecule has 1 saturated heterocycles. The lowest BCUT2D eigenvalue weighted by Crippen LogP contribution is -1.92. The van der Waals surface area contributed by atoms with Gasteiger partial charge in [-0.05, 0) is 23.7 Å². The van der Waals surface area contributed by atoms with Crippen molar-refractivity contribution in [1.29, 1.82) is 0 Å². The first kappa shape index (κ1) is 9.75. The van der Waals surface area contributed by atoms with Gasteiger partial charge in [0.25, 0.3) is 0 Å². The third-order valence-electron chi connectivity index (χ3n) is 1.49. The molecule has 0 aromatic carbocycles. The molecule has 0 spiro atoms. The zero-order valence-corrected chi connectivity index (χ0v) is 8.68. The second-order valence-electron chi connectivity index (χ2n) is 2.58. The molecule has 1 aliphatic rings. The SMILES string of the molecule is CCSCCCSCC1CO1. The van der Waals surface area contributed by atoms with E-state index in [-0.39, 0.29) is 0 Å². The molecule has 1 rings (SSSR count). The molecular formula is C8H16OS2. The van der Waals surface area contributed by atoms with Crippen molar-refractivity contribution in [1.82, 2.24) is 0 Å². The number of rotatable bonds is 7. The lowest BCUT2D eigenvalue weighted by Gasteiger charge is -1.97. The van der Waals surface area contributed by atoms with Crippen molar-refractivity contribution in [2.75, 3.05) is 29.6 Å². The maximum absolute atomic E-state index is 5.11. The fraction of sp³-hybridized carbons (Fsp3) is 1.00. The van der Waals surface area contributed by atoms with Crippen LogP contribution >= 0.6 is 23.5 Å². The molecule has 1 atom stereocenters. The molecule has 0 aromatic heterocycles. The molecule has 0 aliphatic carbocycles. The topological polar surface area (TPSA) is 12.5 Å². The van der Waals surface area contributed by atoms with Gasteiger partial charge in [-0.15, -0.1) is 0 Å². The molecule has 1 unspecified atom stereocenters. The van der Waals surface area contributed by atoms with Gasteiger partial charge in [0.1, 0.15) is 0 Å². The van der Waals surface area contributed by atoms with Gasteiger partial charge in [0.2, 0.25) is 0 Å². The van der Waals surface area contributed by atoms with E-state index in [4.69, 9.17) is 4.74 Å². The van der Waals surface area contributed by atoms with Crippen molar-refractivity contribution in [3.63, 3.8) is 0 Å². The van der Waals surface area contributed by atoms with E-state index in [0.717, 1.165) is 6.61 Å². The number of hydrogen-bond acceptors (Lipinski definition) is 3. The van der Waals surface area contributed by atoms with Crippen LogP contribution in [-0.4, -0.2) is 35.7 Å². The molecule has 1 fully saturated rings. The van der Waals surface area contributed by atoms with E-state index in [1.807, 2.05) is 23.5 Å². The summed E-state index contributed by atoms with van der Waals surface area (Å²) in [6.07, 6.45) is 1.97. The monoisotopic (exact) mass is 192 g/mol. The highest BCUT2D eigenvalue weighted by atomic mass is 32.2. The highest BCUT2D eigenvalue weighted by molar-refractivity contribution is 8.00. The van der Waals surface area contributed by atoms with E-state index in [0.29, 0.717) is 6.10 Å². The first-order valence-corrected chi connectivity index (χ1v) is 6.51. The standard InChI is InChI=1S/C8H16OS2/c1-2-10-4-3-5-11-7-8-6-9-8/h8H,2-7H2,1H3. The molecule has 3 heteroatoms. The van der Waals surface area contributed by atoms with Crippen LogP contribution < -0.4 is 0 Å². The number of thioether (sulfide) groups is 2. The Morgan fingerprint density at radius 3 is 2.73 bits per heavy atom. The van der Waals surface area contributed by atoms with Gasteiger partial charge in [-0.1, -0.05) is 6.92 Å². The molecule has 0 saturated carbocycles. The van der Waals surface area contributed by atoms with Gasteiger partial charge in [-0.25, -0.2) is 0 Å². The van der Waals surface area contributed by atoms with Crippen LogP contribution in [-0.2, 0) is 4.74 Å². The van der Waals surface area contributed by atoms with E-state index >= 15 is 0 Å². The van der Waals surface area contributed by atoms with Gasteiger partial charge in [0.05, 0.1) is 12.7 Å². The zero-order chi connectivity index (χ0) is 7.94. The first-order chi connectivity index (χ1) is 5.43. The molecule has 66 valence electrons. The van der Waals surface area contributed by atoms with Crippen molar-refractivity contribution in [3.8, 4) is 0 Å². The van der Waals surface area contributed by atoms with Crippen LogP contribution in [0, 0.1) is 0 Å². The fourth-order valence-electron chi connectivity index (χ4n) is 0.786. The highest BCUT2D eigenvalue weighted by Crippen LogP contribution is 2.17. The lowest BCUT2D eigenvalue weighted by molar-refractivity contribution is 0.426. The van der Waals surface area contributed by atoms with Gasteiger partial charge >= 0.3 is 0 Å².